The number of rotatable bonds is 2. The van der Waals surface area contributed by atoms with Crippen LogP contribution in [-0.2, 0) is 14.4 Å². The predicted molar refractivity (Wildman–Crippen MR) is 114 cm³/mol. The van der Waals surface area contributed by atoms with Crippen molar-refractivity contribution in [2.75, 3.05) is 13.1 Å². The van der Waals surface area contributed by atoms with Gasteiger partial charge in [-0.3, -0.25) is 9.59 Å². The van der Waals surface area contributed by atoms with Crippen molar-refractivity contribution in [1.82, 2.24) is 5.32 Å². The van der Waals surface area contributed by atoms with Crippen molar-refractivity contribution in [3.63, 3.8) is 0 Å². The third-order valence-corrected chi connectivity index (χ3v) is 9.29. The fourth-order valence-electron chi connectivity index (χ4n) is 7.51. The molecule has 1 N–H and O–H groups in total. The van der Waals surface area contributed by atoms with Crippen LogP contribution in [0.15, 0.2) is 5.16 Å². The molecule has 0 radical (unpaired) electrons. The van der Waals surface area contributed by atoms with Crippen LogP contribution in [0.1, 0.15) is 71.6 Å². The van der Waals surface area contributed by atoms with Gasteiger partial charge in [-0.15, -0.1) is 12.4 Å². The van der Waals surface area contributed by atoms with E-state index in [2.05, 4.69) is 24.3 Å². The number of hydrogen-bond acceptors (Lipinski definition) is 5. The lowest BCUT2D eigenvalue weighted by atomic mass is 9.44. The molecule has 4 saturated carbocycles. The number of hydrogen-bond donors (Lipinski definition) is 1. The highest BCUT2D eigenvalue weighted by molar-refractivity contribution is 6.40. The van der Waals surface area contributed by atoms with Gasteiger partial charge in [0.25, 0.3) is 0 Å². The zero-order valence-corrected chi connectivity index (χ0v) is 18.6. The number of nitrogens with zero attached hydrogens (tertiary/aromatic N) is 1. The largest absolute Gasteiger partial charge is 0.391 e. The van der Waals surface area contributed by atoms with Crippen LogP contribution in [-0.4, -0.2) is 36.5 Å². The van der Waals surface area contributed by atoms with Crippen LogP contribution in [0.4, 0.5) is 0 Å². The first-order valence-corrected chi connectivity index (χ1v) is 11.4. The SMILES string of the molecule is C[C@@]12CCC[C@H]1[C@@H]1C(=O)C(=O)[C@H]3CC(=NO[C@@H]4CCNC4)CC[C@]3(C)[C@H]1CC2.Cl. The molecule has 1 saturated heterocycles. The molecule has 29 heavy (non-hydrogen) atoms. The minimum absolute atomic E-state index is 0. The quantitative estimate of drug-likeness (QED) is 0.540. The number of Topliss-reactive ketones (excluding diaryl/α,β-unsaturated/α-hetero) is 2. The standard InChI is InChI=1S/C23H34N2O3.ClH/c1-22-8-3-4-16(22)19-17(6-9-22)23(2)10-5-14(12-18(23)20(26)21(19)27)25-28-15-7-11-24-13-15;/h15-19,24H,3-13H2,1-2H3;1H/t15-,16+,17+,18-,19+,22+,23-;/m1./s1. The number of fused-ring (bicyclic) bond motifs is 5. The summed E-state index contributed by atoms with van der Waals surface area (Å²) in [6.07, 6.45) is 9.53. The maximum Gasteiger partial charge on any atom is 0.202 e. The molecule has 5 nitrogen and oxygen atoms in total. The molecule has 6 heteroatoms. The summed E-state index contributed by atoms with van der Waals surface area (Å²) in [6, 6.07) is 0. The number of oxime groups is 1. The van der Waals surface area contributed by atoms with E-state index in [4.69, 9.17) is 4.84 Å². The summed E-state index contributed by atoms with van der Waals surface area (Å²) in [7, 11) is 0. The highest BCUT2D eigenvalue weighted by Crippen LogP contribution is 2.64. The molecular weight excluding hydrogens is 388 g/mol. The summed E-state index contributed by atoms with van der Waals surface area (Å²) in [5, 5.41) is 7.71. The Kier molecular flexibility index (Phi) is 5.61. The molecule has 4 aliphatic carbocycles. The molecule has 0 bridgehead atoms. The van der Waals surface area contributed by atoms with Crippen LogP contribution in [0.5, 0.6) is 0 Å². The van der Waals surface area contributed by atoms with E-state index in [9.17, 15) is 9.59 Å². The number of carbonyl (C=O) groups excluding carboxylic acids is 2. The lowest BCUT2D eigenvalue weighted by Gasteiger charge is -2.58. The summed E-state index contributed by atoms with van der Waals surface area (Å²) in [5.41, 5.74) is 1.22. The number of nitrogens with one attached hydrogen (secondary N) is 1. The predicted octanol–water partition coefficient (Wildman–Crippen LogP) is 3.93. The first-order chi connectivity index (χ1) is 13.4. The van der Waals surface area contributed by atoms with Crippen molar-refractivity contribution >= 4 is 29.7 Å². The third kappa shape index (κ3) is 3.27. The number of ketones is 2. The Morgan fingerprint density at radius 3 is 2.62 bits per heavy atom. The summed E-state index contributed by atoms with van der Waals surface area (Å²) in [4.78, 5) is 32.3. The molecule has 1 heterocycles. The summed E-state index contributed by atoms with van der Waals surface area (Å²) in [6.45, 7) is 6.50. The van der Waals surface area contributed by atoms with Gasteiger partial charge in [-0.2, -0.15) is 0 Å². The van der Waals surface area contributed by atoms with Gasteiger partial charge in [0.1, 0.15) is 6.10 Å². The molecule has 0 aromatic carbocycles. The van der Waals surface area contributed by atoms with Crippen LogP contribution in [0, 0.1) is 34.5 Å². The zero-order valence-electron chi connectivity index (χ0n) is 17.7. The molecule has 1 aliphatic heterocycles. The summed E-state index contributed by atoms with van der Waals surface area (Å²) in [5.74, 6) is 0.440. The van der Waals surface area contributed by atoms with Gasteiger partial charge in [-0.1, -0.05) is 25.4 Å². The molecule has 7 atom stereocenters. The number of carbonyl (C=O) groups is 2. The summed E-state index contributed by atoms with van der Waals surface area (Å²) < 4.78 is 0. The first kappa shape index (κ1) is 21.3. The molecule has 5 fully saturated rings. The second-order valence-corrected chi connectivity index (χ2v) is 10.7. The Labute approximate surface area is 180 Å². The van der Waals surface area contributed by atoms with E-state index in [1.165, 1.54) is 19.3 Å². The fourth-order valence-corrected chi connectivity index (χ4v) is 7.51. The van der Waals surface area contributed by atoms with Crippen molar-refractivity contribution < 1.29 is 14.4 Å². The smallest absolute Gasteiger partial charge is 0.202 e. The normalized spacial score (nSPS) is 47.9. The molecule has 5 rings (SSSR count). The minimum atomic E-state index is -0.190. The average molecular weight is 423 g/mol. The van der Waals surface area contributed by atoms with Gasteiger partial charge < -0.3 is 10.2 Å². The molecule has 0 aromatic rings. The van der Waals surface area contributed by atoms with Gasteiger partial charge in [0.2, 0.25) is 11.6 Å². The van der Waals surface area contributed by atoms with Crippen molar-refractivity contribution in [2.45, 2.75) is 77.7 Å². The number of halogens is 1. The lowest BCUT2D eigenvalue weighted by molar-refractivity contribution is -0.164. The molecule has 0 amide bonds. The van der Waals surface area contributed by atoms with Crippen LogP contribution in [0.25, 0.3) is 0 Å². The molecule has 0 unspecified atom stereocenters. The monoisotopic (exact) mass is 422 g/mol. The van der Waals surface area contributed by atoms with Crippen molar-refractivity contribution in [3.8, 4) is 0 Å². The van der Waals surface area contributed by atoms with Crippen molar-refractivity contribution in [1.29, 1.82) is 0 Å². The highest BCUT2D eigenvalue weighted by Gasteiger charge is 2.63. The zero-order chi connectivity index (χ0) is 19.5. The van der Waals surface area contributed by atoms with Crippen LogP contribution in [0.3, 0.4) is 0 Å². The molecular formula is C23H35ClN2O3. The maximum absolute atomic E-state index is 13.3. The van der Waals surface area contributed by atoms with E-state index >= 15 is 0 Å². The van der Waals surface area contributed by atoms with E-state index in [0.717, 1.165) is 50.9 Å². The van der Waals surface area contributed by atoms with E-state index in [1.807, 2.05) is 0 Å². The van der Waals surface area contributed by atoms with E-state index in [-0.39, 0.29) is 52.7 Å². The Morgan fingerprint density at radius 2 is 1.86 bits per heavy atom. The molecule has 162 valence electrons. The average Bonchev–Trinajstić information content (AvgIpc) is 3.33. The fraction of sp³-hybridized carbons (Fsp3) is 0.870. The van der Waals surface area contributed by atoms with Gasteiger partial charge in [0.05, 0.1) is 5.71 Å². The molecule has 0 spiro atoms. The van der Waals surface area contributed by atoms with Gasteiger partial charge in [-0.05, 0) is 74.2 Å². The van der Waals surface area contributed by atoms with E-state index < -0.39 is 0 Å². The Balaban J connectivity index is 0.00000205. The summed E-state index contributed by atoms with van der Waals surface area (Å²) >= 11 is 0. The highest BCUT2D eigenvalue weighted by atomic mass is 35.5. The van der Waals surface area contributed by atoms with Gasteiger partial charge >= 0.3 is 0 Å². The lowest BCUT2D eigenvalue weighted by Crippen LogP contribution is -2.60. The topological polar surface area (TPSA) is 67.8 Å². The van der Waals surface area contributed by atoms with Crippen molar-refractivity contribution in [2.24, 2.45) is 39.7 Å². The van der Waals surface area contributed by atoms with Crippen LogP contribution in [0.2, 0.25) is 0 Å². The second kappa shape index (κ2) is 7.64. The van der Waals surface area contributed by atoms with Gasteiger partial charge in [-0.25, -0.2) is 0 Å². The minimum Gasteiger partial charge on any atom is -0.391 e. The second-order valence-electron chi connectivity index (χ2n) is 10.7. The maximum atomic E-state index is 13.3. The Bertz CT molecular complexity index is 719. The molecule has 0 aromatic heterocycles. The first-order valence-electron chi connectivity index (χ1n) is 11.4. The van der Waals surface area contributed by atoms with E-state index in [1.54, 1.807) is 0 Å². The van der Waals surface area contributed by atoms with E-state index in [0.29, 0.717) is 18.3 Å². The Hall–Kier alpha value is -0.940. The van der Waals surface area contributed by atoms with Gasteiger partial charge in [0.15, 0.2) is 0 Å². The van der Waals surface area contributed by atoms with Crippen LogP contribution < -0.4 is 5.32 Å². The van der Waals surface area contributed by atoms with Crippen LogP contribution >= 0.6 is 12.4 Å². The van der Waals surface area contributed by atoms with Crippen molar-refractivity contribution in [3.05, 3.63) is 0 Å². The third-order valence-electron chi connectivity index (χ3n) is 9.29. The van der Waals surface area contributed by atoms with Gasteiger partial charge in [0, 0.05) is 24.8 Å². The Morgan fingerprint density at radius 1 is 1.03 bits per heavy atom. The molecule has 5 aliphatic rings.